The Hall–Kier alpha value is -1.10. The molecule has 0 heterocycles. The second kappa shape index (κ2) is 7.62. The normalized spacial score (nSPS) is 10.9. The number of anilines is 1. The molecule has 0 atom stereocenters. The number of carboxylic acid groups (broad SMARTS) is 1. The molecule has 1 rings (SSSR count). The molecule has 0 unspecified atom stereocenters. The maximum Gasteiger partial charge on any atom is 0.336 e. The Kier molecular flexibility index (Phi) is 6.46. The summed E-state index contributed by atoms with van der Waals surface area (Å²) >= 11 is 3.05. The Morgan fingerprint density at radius 1 is 1.40 bits per heavy atom. The van der Waals surface area contributed by atoms with Gasteiger partial charge in [0.05, 0.1) is 15.7 Å². The summed E-state index contributed by atoms with van der Waals surface area (Å²) in [5, 5.41) is 8.99. The van der Waals surface area contributed by atoms with Gasteiger partial charge in [-0.25, -0.2) is 9.18 Å². The van der Waals surface area contributed by atoms with E-state index in [0.717, 1.165) is 25.8 Å². The Balaban J connectivity index is 3.08. The van der Waals surface area contributed by atoms with Crippen molar-refractivity contribution in [2.24, 2.45) is 0 Å². The van der Waals surface area contributed by atoms with E-state index in [4.69, 9.17) is 5.11 Å². The minimum Gasteiger partial charge on any atom is -0.478 e. The van der Waals surface area contributed by atoms with Crippen molar-refractivity contribution in [2.75, 3.05) is 11.4 Å². The number of aromatic carboxylic acids is 1. The van der Waals surface area contributed by atoms with E-state index >= 15 is 0 Å². The molecule has 0 bridgehead atoms. The fourth-order valence-corrected chi connectivity index (χ4v) is 2.62. The summed E-state index contributed by atoms with van der Waals surface area (Å²) in [5.74, 6) is -1.64. The van der Waals surface area contributed by atoms with Crippen LogP contribution in [0.3, 0.4) is 0 Å². The van der Waals surface area contributed by atoms with Gasteiger partial charge < -0.3 is 10.0 Å². The van der Waals surface area contributed by atoms with Crippen LogP contribution in [0.1, 0.15) is 50.4 Å². The molecule has 0 aromatic heterocycles. The van der Waals surface area contributed by atoms with Crippen molar-refractivity contribution in [3.63, 3.8) is 0 Å². The number of hydrogen-bond acceptors (Lipinski definition) is 2. The molecule has 0 saturated heterocycles. The van der Waals surface area contributed by atoms with Gasteiger partial charge in [-0.05, 0) is 48.3 Å². The highest BCUT2D eigenvalue weighted by Gasteiger charge is 2.20. The highest BCUT2D eigenvalue weighted by atomic mass is 79.9. The summed E-state index contributed by atoms with van der Waals surface area (Å²) in [6, 6.07) is 3.15. The molecule has 0 radical (unpaired) electrons. The third kappa shape index (κ3) is 3.95. The molecule has 0 spiro atoms. The SMILES string of the molecule is CCCCCN(c1ccc(C(=O)O)c(Br)c1F)C(C)C. The first kappa shape index (κ1) is 17.0. The van der Waals surface area contributed by atoms with E-state index in [9.17, 15) is 9.18 Å². The van der Waals surface area contributed by atoms with Gasteiger partial charge in [0.1, 0.15) is 0 Å². The average Bonchev–Trinajstić information content (AvgIpc) is 2.38. The average molecular weight is 346 g/mol. The molecule has 0 saturated carbocycles. The van der Waals surface area contributed by atoms with Crippen LogP contribution in [0.4, 0.5) is 10.1 Å². The van der Waals surface area contributed by atoms with Gasteiger partial charge in [-0.3, -0.25) is 0 Å². The largest absolute Gasteiger partial charge is 0.478 e. The number of benzene rings is 1. The third-order valence-electron chi connectivity index (χ3n) is 3.23. The first-order valence-electron chi connectivity index (χ1n) is 6.88. The number of halogens is 2. The quantitative estimate of drug-likeness (QED) is 0.728. The molecular formula is C15H21BrFNO2. The lowest BCUT2D eigenvalue weighted by Gasteiger charge is -2.30. The molecular weight excluding hydrogens is 325 g/mol. The molecule has 20 heavy (non-hydrogen) atoms. The summed E-state index contributed by atoms with van der Waals surface area (Å²) in [5.41, 5.74) is 0.400. The van der Waals surface area contributed by atoms with Crippen LogP contribution in [0.2, 0.25) is 0 Å². The summed E-state index contributed by atoms with van der Waals surface area (Å²) < 4.78 is 14.4. The topological polar surface area (TPSA) is 40.5 Å². The molecule has 112 valence electrons. The minimum atomic E-state index is -1.13. The molecule has 1 aromatic rings. The molecule has 1 N–H and O–H groups in total. The van der Waals surface area contributed by atoms with Crippen molar-refractivity contribution in [1.29, 1.82) is 0 Å². The highest BCUT2D eigenvalue weighted by Crippen LogP contribution is 2.30. The van der Waals surface area contributed by atoms with Gasteiger partial charge in [-0.2, -0.15) is 0 Å². The summed E-state index contributed by atoms with van der Waals surface area (Å²) in [6.45, 7) is 6.90. The van der Waals surface area contributed by atoms with Crippen LogP contribution in [0, 0.1) is 5.82 Å². The summed E-state index contributed by atoms with van der Waals surface area (Å²) in [4.78, 5) is 13.0. The molecule has 3 nitrogen and oxygen atoms in total. The highest BCUT2D eigenvalue weighted by molar-refractivity contribution is 9.10. The van der Waals surface area contributed by atoms with Crippen molar-refractivity contribution in [3.05, 3.63) is 28.0 Å². The Labute approximate surface area is 127 Å². The number of carbonyl (C=O) groups is 1. The molecule has 0 amide bonds. The van der Waals surface area contributed by atoms with E-state index in [0.29, 0.717) is 5.69 Å². The summed E-state index contributed by atoms with van der Waals surface area (Å²) in [6.07, 6.45) is 3.20. The smallest absolute Gasteiger partial charge is 0.336 e. The minimum absolute atomic E-state index is 0.0173. The Bertz CT molecular complexity index is 477. The molecule has 1 aromatic carbocycles. The monoisotopic (exact) mass is 345 g/mol. The summed E-state index contributed by atoms with van der Waals surface area (Å²) in [7, 11) is 0. The van der Waals surface area contributed by atoms with E-state index in [-0.39, 0.29) is 16.1 Å². The fourth-order valence-electron chi connectivity index (χ4n) is 2.12. The van der Waals surface area contributed by atoms with Crippen LogP contribution in [0.15, 0.2) is 16.6 Å². The molecule has 0 aliphatic heterocycles. The van der Waals surface area contributed by atoms with Crippen LogP contribution in [0.25, 0.3) is 0 Å². The third-order valence-corrected chi connectivity index (χ3v) is 4.00. The van der Waals surface area contributed by atoms with Crippen molar-refractivity contribution in [1.82, 2.24) is 0 Å². The van der Waals surface area contributed by atoms with E-state index in [1.807, 2.05) is 18.7 Å². The van der Waals surface area contributed by atoms with Gasteiger partial charge in [-0.15, -0.1) is 0 Å². The van der Waals surface area contributed by atoms with Crippen LogP contribution in [-0.4, -0.2) is 23.7 Å². The Morgan fingerprint density at radius 3 is 2.55 bits per heavy atom. The van der Waals surface area contributed by atoms with Crippen LogP contribution >= 0.6 is 15.9 Å². The van der Waals surface area contributed by atoms with E-state index in [2.05, 4.69) is 22.9 Å². The zero-order valence-corrected chi connectivity index (χ0v) is 13.7. The molecule has 5 heteroatoms. The Morgan fingerprint density at radius 2 is 2.05 bits per heavy atom. The number of unbranched alkanes of at least 4 members (excludes halogenated alkanes) is 2. The first-order chi connectivity index (χ1) is 9.40. The lowest BCUT2D eigenvalue weighted by Crippen LogP contribution is -2.32. The first-order valence-corrected chi connectivity index (χ1v) is 7.67. The molecule has 0 aliphatic carbocycles. The predicted molar refractivity (Wildman–Crippen MR) is 83.1 cm³/mol. The van der Waals surface area contributed by atoms with Gasteiger partial charge in [0.15, 0.2) is 5.82 Å². The maximum absolute atomic E-state index is 14.4. The second-order valence-electron chi connectivity index (χ2n) is 5.06. The lowest BCUT2D eigenvalue weighted by molar-refractivity contribution is 0.0695. The van der Waals surface area contributed by atoms with Crippen LogP contribution in [0.5, 0.6) is 0 Å². The van der Waals surface area contributed by atoms with Gasteiger partial charge in [0, 0.05) is 12.6 Å². The van der Waals surface area contributed by atoms with Gasteiger partial charge in [0.2, 0.25) is 0 Å². The van der Waals surface area contributed by atoms with Crippen LogP contribution < -0.4 is 4.90 Å². The number of rotatable bonds is 7. The van der Waals surface area contributed by atoms with Gasteiger partial charge in [0.25, 0.3) is 0 Å². The second-order valence-corrected chi connectivity index (χ2v) is 5.85. The number of hydrogen-bond donors (Lipinski definition) is 1. The van der Waals surface area contributed by atoms with Crippen LogP contribution in [-0.2, 0) is 0 Å². The number of carboxylic acids is 1. The van der Waals surface area contributed by atoms with Crippen molar-refractivity contribution >= 4 is 27.6 Å². The van der Waals surface area contributed by atoms with E-state index in [1.54, 1.807) is 6.07 Å². The maximum atomic E-state index is 14.4. The lowest BCUT2D eigenvalue weighted by atomic mass is 10.1. The van der Waals surface area contributed by atoms with Gasteiger partial charge in [-0.1, -0.05) is 19.8 Å². The van der Waals surface area contributed by atoms with Crippen molar-refractivity contribution in [3.8, 4) is 0 Å². The fraction of sp³-hybridized carbons (Fsp3) is 0.533. The number of nitrogens with zero attached hydrogens (tertiary/aromatic N) is 1. The predicted octanol–water partition coefficient (Wildman–Crippen LogP) is 4.69. The standard InChI is InChI=1S/C15H21BrFNO2/c1-4-5-6-9-18(10(2)3)12-8-7-11(15(19)20)13(16)14(12)17/h7-8,10H,4-6,9H2,1-3H3,(H,19,20). The van der Waals surface area contributed by atoms with Gasteiger partial charge >= 0.3 is 5.97 Å². The molecule has 0 fully saturated rings. The van der Waals surface area contributed by atoms with Crippen molar-refractivity contribution in [2.45, 2.75) is 46.1 Å². The zero-order chi connectivity index (χ0) is 15.3. The van der Waals surface area contributed by atoms with E-state index < -0.39 is 11.8 Å². The van der Waals surface area contributed by atoms with Crippen molar-refractivity contribution < 1.29 is 14.3 Å². The van der Waals surface area contributed by atoms with E-state index in [1.165, 1.54) is 6.07 Å². The zero-order valence-electron chi connectivity index (χ0n) is 12.1. The molecule has 0 aliphatic rings.